The molecule has 0 radical (unpaired) electrons. The van der Waals surface area contributed by atoms with E-state index in [1.54, 1.807) is 6.92 Å². The van der Waals surface area contributed by atoms with Crippen molar-refractivity contribution in [3.63, 3.8) is 0 Å². The van der Waals surface area contributed by atoms with Crippen LogP contribution in [-0.4, -0.2) is 16.7 Å². The van der Waals surface area contributed by atoms with Crippen molar-refractivity contribution >= 4 is 11.5 Å². The second kappa shape index (κ2) is 16.2. The fraction of sp³-hybridized carbons (Fsp3) is 0.619. The highest BCUT2D eigenvalue weighted by molar-refractivity contribution is 6.01. The SMILES string of the molecule is C.CC(=O)C(C)C.CC(C)/C(=N\O)c1ccccc1.CCC(C)C. The van der Waals surface area contributed by atoms with Gasteiger partial charge in [0.25, 0.3) is 0 Å². The zero-order chi connectivity index (χ0) is 18.4. The molecule has 0 bridgehead atoms. The summed E-state index contributed by atoms with van der Waals surface area (Å²) >= 11 is 0. The minimum absolute atomic E-state index is 0. The summed E-state index contributed by atoms with van der Waals surface area (Å²) in [7, 11) is 0. The molecule has 24 heavy (non-hydrogen) atoms. The van der Waals surface area contributed by atoms with Crippen LogP contribution in [0.25, 0.3) is 0 Å². The summed E-state index contributed by atoms with van der Waals surface area (Å²) in [5.41, 5.74) is 1.71. The Morgan fingerprint density at radius 2 is 1.38 bits per heavy atom. The lowest BCUT2D eigenvalue weighted by molar-refractivity contribution is -0.119. The summed E-state index contributed by atoms with van der Waals surface area (Å²) in [6.45, 7) is 16.0. The second-order valence-corrected chi connectivity index (χ2v) is 6.57. The monoisotopic (exact) mass is 337 g/mol. The van der Waals surface area contributed by atoms with Gasteiger partial charge in [-0.25, -0.2) is 0 Å². The molecule has 0 fully saturated rings. The summed E-state index contributed by atoms with van der Waals surface area (Å²) in [4.78, 5) is 10.1. The van der Waals surface area contributed by atoms with Gasteiger partial charge < -0.3 is 5.21 Å². The van der Waals surface area contributed by atoms with Crippen LogP contribution in [-0.2, 0) is 4.79 Å². The van der Waals surface area contributed by atoms with Crippen LogP contribution in [0, 0.1) is 17.8 Å². The number of hydrogen-bond acceptors (Lipinski definition) is 3. The number of carbonyl (C=O) groups excluding carboxylic acids is 1. The molecule has 0 aromatic heterocycles. The summed E-state index contributed by atoms with van der Waals surface area (Å²) in [5, 5.41) is 12.0. The van der Waals surface area contributed by atoms with Crippen molar-refractivity contribution in [2.24, 2.45) is 22.9 Å². The molecule has 1 rings (SSSR count). The summed E-state index contributed by atoms with van der Waals surface area (Å²) in [6, 6.07) is 9.69. The van der Waals surface area contributed by atoms with Crippen molar-refractivity contribution in [3.8, 4) is 0 Å². The predicted molar refractivity (Wildman–Crippen MR) is 107 cm³/mol. The van der Waals surface area contributed by atoms with Crippen LogP contribution in [0.15, 0.2) is 35.5 Å². The number of rotatable bonds is 4. The highest BCUT2D eigenvalue weighted by Gasteiger charge is 2.07. The minimum atomic E-state index is 0. The van der Waals surface area contributed by atoms with Crippen LogP contribution in [0.4, 0.5) is 0 Å². The Balaban J connectivity index is -0.000000313. The Hall–Kier alpha value is -1.64. The Morgan fingerprint density at radius 1 is 1.00 bits per heavy atom. The first-order valence-corrected chi connectivity index (χ1v) is 8.45. The fourth-order valence-electron chi connectivity index (χ4n) is 1.12. The van der Waals surface area contributed by atoms with Crippen molar-refractivity contribution in [3.05, 3.63) is 35.9 Å². The second-order valence-electron chi connectivity index (χ2n) is 6.57. The summed E-state index contributed by atoms with van der Waals surface area (Å²) in [6.07, 6.45) is 1.31. The molecular weight excluding hydrogens is 298 g/mol. The maximum absolute atomic E-state index is 10.1. The van der Waals surface area contributed by atoms with E-state index in [0.717, 1.165) is 17.2 Å². The molecule has 3 nitrogen and oxygen atoms in total. The van der Waals surface area contributed by atoms with E-state index in [2.05, 4.69) is 25.9 Å². The Kier molecular flexibility index (Phi) is 18.4. The Bertz CT molecular complexity index is 434. The van der Waals surface area contributed by atoms with Gasteiger partial charge in [0.05, 0.1) is 5.71 Å². The average Bonchev–Trinajstić information content (AvgIpc) is 2.49. The van der Waals surface area contributed by atoms with Gasteiger partial charge in [-0.15, -0.1) is 0 Å². The molecule has 0 aliphatic carbocycles. The van der Waals surface area contributed by atoms with Crippen LogP contribution < -0.4 is 0 Å². The van der Waals surface area contributed by atoms with E-state index in [4.69, 9.17) is 5.21 Å². The molecule has 0 saturated carbocycles. The smallest absolute Gasteiger partial charge is 0.132 e. The van der Waals surface area contributed by atoms with Gasteiger partial charge >= 0.3 is 0 Å². The van der Waals surface area contributed by atoms with Gasteiger partial charge in [0.1, 0.15) is 5.78 Å². The molecule has 0 saturated heterocycles. The van der Waals surface area contributed by atoms with Gasteiger partial charge in [-0.05, 0) is 24.3 Å². The largest absolute Gasteiger partial charge is 0.411 e. The lowest BCUT2D eigenvalue weighted by atomic mass is 10.0. The first kappa shape index (κ1) is 27.2. The van der Waals surface area contributed by atoms with E-state index < -0.39 is 0 Å². The number of hydrogen-bond donors (Lipinski definition) is 1. The third-order valence-corrected chi connectivity index (χ3v) is 3.35. The third kappa shape index (κ3) is 15.3. The van der Waals surface area contributed by atoms with E-state index in [1.807, 2.05) is 58.0 Å². The maximum Gasteiger partial charge on any atom is 0.132 e. The average molecular weight is 338 g/mol. The van der Waals surface area contributed by atoms with E-state index >= 15 is 0 Å². The molecule has 0 atom stereocenters. The van der Waals surface area contributed by atoms with Gasteiger partial charge in [0.15, 0.2) is 0 Å². The quantitative estimate of drug-likeness (QED) is 0.390. The Morgan fingerprint density at radius 3 is 1.58 bits per heavy atom. The van der Waals surface area contributed by atoms with Crippen molar-refractivity contribution in [2.75, 3.05) is 0 Å². The van der Waals surface area contributed by atoms with E-state index in [9.17, 15) is 4.79 Å². The van der Waals surface area contributed by atoms with Crippen LogP contribution in [0.5, 0.6) is 0 Å². The zero-order valence-corrected chi connectivity index (χ0v) is 16.1. The topological polar surface area (TPSA) is 49.7 Å². The standard InChI is InChI=1S/C10H13NO.C5H10O.C5H12.CH4/c1-8(2)10(11-12)9-6-4-3-5-7-9;1-4(2)5(3)6;1-4-5(2)3;/h3-8,12H,1-2H3;4H,1-3H3;5H,4H2,1-3H3;1H4/b11-10+;;;. The molecular formula is C21H39NO2. The zero-order valence-electron chi connectivity index (χ0n) is 16.1. The molecule has 0 aliphatic rings. The molecule has 0 amide bonds. The van der Waals surface area contributed by atoms with Gasteiger partial charge in [0.2, 0.25) is 0 Å². The highest BCUT2D eigenvalue weighted by atomic mass is 16.4. The molecule has 1 aromatic rings. The Labute approximate surface area is 150 Å². The normalized spacial score (nSPS) is 10.4. The van der Waals surface area contributed by atoms with E-state index in [0.29, 0.717) is 0 Å². The van der Waals surface area contributed by atoms with Gasteiger partial charge in [-0.1, -0.05) is 97.8 Å². The number of benzene rings is 1. The van der Waals surface area contributed by atoms with E-state index in [1.165, 1.54) is 6.42 Å². The van der Waals surface area contributed by atoms with Gasteiger partial charge in [-0.2, -0.15) is 0 Å². The fourth-order valence-corrected chi connectivity index (χ4v) is 1.12. The molecule has 0 aliphatic heterocycles. The first-order valence-electron chi connectivity index (χ1n) is 8.45. The number of Topliss-reactive ketones (excluding diaryl/α,β-unsaturated/α-hetero) is 1. The molecule has 1 aromatic carbocycles. The molecule has 0 unspecified atom stereocenters. The molecule has 140 valence electrons. The van der Waals surface area contributed by atoms with Crippen LogP contribution in [0.2, 0.25) is 0 Å². The van der Waals surface area contributed by atoms with Crippen LogP contribution in [0.3, 0.4) is 0 Å². The number of oxime groups is 1. The van der Waals surface area contributed by atoms with Crippen molar-refractivity contribution in [1.29, 1.82) is 0 Å². The number of ketones is 1. The maximum atomic E-state index is 10.1. The summed E-state index contributed by atoms with van der Waals surface area (Å²) in [5.74, 6) is 1.60. The molecule has 1 N–H and O–H groups in total. The van der Waals surface area contributed by atoms with Gasteiger partial charge in [0, 0.05) is 5.92 Å². The van der Waals surface area contributed by atoms with Gasteiger partial charge in [-0.3, -0.25) is 4.79 Å². The minimum Gasteiger partial charge on any atom is -0.411 e. The van der Waals surface area contributed by atoms with E-state index in [-0.39, 0.29) is 25.0 Å². The lowest BCUT2D eigenvalue weighted by Gasteiger charge is -2.06. The number of carbonyl (C=O) groups is 1. The predicted octanol–water partition coefficient (Wildman–Crippen LogP) is 6.44. The van der Waals surface area contributed by atoms with Crippen LogP contribution >= 0.6 is 0 Å². The third-order valence-electron chi connectivity index (χ3n) is 3.35. The van der Waals surface area contributed by atoms with Crippen molar-refractivity contribution in [1.82, 2.24) is 0 Å². The lowest BCUT2D eigenvalue weighted by Crippen LogP contribution is -2.08. The van der Waals surface area contributed by atoms with Crippen molar-refractivity contribution < 1.29 is 10.0 Å². The highest BCUT2D eigenvalue weighted by Crippen LogP contribution is 2.08. The molecule has 3 heteroatoms. The first-order chi connectivity index (χ1) is 10.7. The van der Waals surface area contributed by atoms with Crippen LogP contribution in [0.1, 0.15) is 74.8 Å². The molecule has 0 heterocycles. The summed E-state index contributed by atoms with van der Waals surface area (Å²) < 4.78 is 0. The van der Waals surface area contributed by atoms with Crippen molar-refractivity contribution in [2.45, 2.75) is 69.2 Å². The number of nitrogens with zero attached hydrogens (tertiary/aromatic N) is 1. The molecule has 0 spiro atoms.